The van der Waals surface area contributed by atoms with E-state index in [0.717, 1.165) is 18.1 Å². The normalized spacial score (nSPS) is 12.7. The maximum Gasteiger partial charge on any atom is 0.258 e. The number of carbonyl (C=O) groups excluding carboxylic acids is 1. The van der Waals surface area contributed by atoms with Crippen LogP contribution in [0.5, 0.6) is 5.75 Å². The lowest BCUT2D eigenvalue weighted by Gasteiger charge is -2.25. The lowest BCUT2D eigenvalue weighted by Crippen LogP contribution is -2.49. The number of ether oxygens (including phenoxy) is 1. The molecule has 0 heterocycles. The Hall–Kier alpha value is -3.00. The van der Waals surface area contributed by atoms with Gasteiger partial charge in [-0.2, -0.15) is 0 Å². The molecule has 186 valence electrons. The van der Waals surface area contributed by atoms with Gasteiger partial charge in [0.15, 0.2) is 6.61 Å². The van der Waals surface area contributed by atoms with Gasteiger partial charge in [-0.15, -0.1) is 0 Å². The van der Waals surface area contributed by atoms with Gasteiger partial charge in [0.25, 0.3) is 5.91 Å². The van der Waals surface area contributed by atoms with Crippen molar-refractivity contribution in [2.24, 2.45) is 0 Å². The van der Waals surface area contributed by atoms with Gasteiger partial charge in [0.1, 0.15) is 17.4 Å². The molecule has 0 spiro atoms. The van der Waals surface area contributed by atoms with Crippen LogP contribution >= 0.6 is 11.6 Å². The molecule has 0 saturated heterocycles. The van der Waals surface area contributed by atoms with Crippen molar-refractivity contribution < 1.29 is 23.4 Å². The number of nitrogens with one attached hydrogen (secondary N) is 2. The summed E-state index contributed by atoms with van der Waals surface area (Å²) in [5, 5.41) is 17.1. The molecule has 0 fully saturated rings. The first-order valence-corrected chi connectivity index (χ1v) is 11.8. The summed E-state index contributed by atoms with van der Waals surface area (Å²) in [5.41, 5.74) is 2.59. The van der Waals surface area contributed by atoms with Crippen LogP contribution in [0, 0.1) is 11.6 Å². The number of rotatable bonds is 12. The minimum Gasteiger partial charge on any atom is -0.482 e. The third-order valence-electron chi connectivity index (χ3n) is 5.47. The molecular formula is C27H29ClF2N2O3. The standard InChI is InChI=1S/C27H29ClF2N2O3/c1-2-18-6-5-7-19(10-18)15-31-16-25(33)24(13-20-11-21(29)14-22(30)12-20)32-27(34)17-35-26-9-4-3-8-23(26)28/h3-12,14,24-25,31,33H,2,13,15-17H2,1H3,(H,32,34)/t24-,25-/m0/s1. The van der Waals surface area contributed by atoms with Crippen molar-refractivity contribution in [3.05, 3.63) is 100 Å². The molecular weight excluding hydrogens is 474 g/mol. The predicted octanol–water partition coefficient (Wildman–Crippen LogP) is 4.44. The first-order valence-electron chi connectivity index (χ1n) is 11.4. The van der Waals surface area contributed by atoms with Crippen molar-refractivity contribution >= 4 is 17.5 Å². The first-order chi connectivity index (χ1) is 16.8. The number of para-hydroxylation sites is 1. The van der Waals surface area contributed by atoms with Crippen LogP contribution in [0.4, 0.5) is 8.78 Å². The number of aliphatic hydroxyl groups is 1. The summed E-state index contributed by atoms with van der Waals surface area (Å²) in [6, 6.07) is 17.2. The monoisotopic (exact) mass is 502 g/mol. The number of amides is 1. The topological polar surface area (TPSA) is 70.6 Å². The van der Waals surface area contributed by atoms with Crippen molar-refractivity contribution in [2.45, 2.75) is 38.5 Å². The van der Waals surface area contributed by atoms with Crippen LogP contribution in [0.1, 0.15) is 23.6 Å². The third-order valence-corrected chi connectivity index (χ3v) is 5.78. The maximum atomic E-state index is 13.7. The van der Waals surface area contributed by atoms with Crippen LogP contribution in [-0.2, 0) is 24.2 Å². The molecule has 3 aromatic carbocycles. The SMILES string of the molecule is CCc1cccc(CNC[C@H](O)[C@H](Cc2cc(F)cc(F)c2)NC(=O)COc2ccccc2Cl)c1. The number of benzene rings is 3. The molecule has 8 heteroatoms. The lowest BCUT2D eigenvalue weighted by atomic mass is 10.0. The summed E-state index contributed by atoms with van der Waals surface area (Å²) in [5.74, 6) is -1.60. The van der Waals surface area contributed by atoms with E-state index < -0.39 is 29.7 Å². The Balaban J connectivity index is 1.63. The van der Waals surface area contributed by atoms with Gasteiger partial charge >= 0.3 is 0 Å². The number of halogens is 3. The van der Waals surface area contributed by atoms with E-state index in [4.69, 9.17) is 16.3 Å². The van der Waals surface area contributed by atoms with Crippen LogP contribution < -0.4 is 15.4 Å². The number of hydrogen-bond acceptors (Lipinski definition) is 4. The summed E-state index contributed by atoms with van der Waals surface area (Å²) < 4.78 is 32.9. The van der Waals surface area contributed by atoms with E-state index in [2.05, 4.69) is 23.6 Å². The van der Waals surface area contributed by atoms with E-state index in [1.807, 2.05) is 18.2 Å². The van der Waals surface area contributed by atoms with Gasteiger partial charge in [0.2, 0.25) is 0 Å². The second kappa shape index (κ2) is 13.2. The van der Waals surface area contributed by atoms with Crippen LogP contribution in [-0.4, -0.2) is 36.3 Å². The van der Waals surface area contributed by atoms with Crippen LogP contribution in [0.2, 0.25) is 5.02 Å². The molecule has 0 unspecified atom stereocenters. The molecule has 3 rings (SSSR count). The fraction of sp³-hybridized carbons (Fsp3) is 0.296. The van der Waals surface area contributed by atoms with Gasteiger partial charge < -0.3 is 20.5 Å². The fourth-order valence-corrected chi connectivity index (χ4v) is 3.88. The zero-order chi connectivity index (χ0) is 25.2. The van der Waals surface area contributed by atoms with E-state index >= 15 is 0 Å². The van der Waals surface area contributed by atoms with Crippen LogP contribution in [0.25, 0.3) is 0 Å². The quantitative estimate of drug-likeness (QED) is 0.342. The Labute approximate surface area is 209 Å². The Kier molecular flexibility index (Phi) is 10.0. The maximum absolute atomic E-state index is 13.7. The van der Waals surface area contributed by atoms with Gasteiger partial charge in [-0.25, -0.2) is 8.78 Å². The predicted molar refractivity (Wildman–Crippen MR) is 132 cm³/mol. The molecule has 0 aliphatic carbocycles. The second-order valence-electron chi connectivity index (χ2n) is 8.25. The minimum atomic E-state index is -1.03. The largest absolute Gasteiger partial charge is 0.482 e. The van der Waals surface area contributed by atoms with Crippen molar-refractivity contribution in [2.75, 3.05) is 13.2 Å². The molecule has 0 bridgehead atoms. The summed E-state index contributed by atoms with van der Waals surface area (Å²) >= 11 is 6.05. The molecule has 2 atom stereocenters. The third kappa shape index (κ3) is 8.62. The van der Waals surface area contributed by atoms with E-state index in [0.29, 0.717) is 22.9 Å². The zero-order valence-corrected chi connectivity index (χ0v) is 20.2. The molecule has 0 saturated carbocycles. The van der Waals surface area contributed by atoms with E-state index in [9.17, 15) is 18.7 Å². The zero-order valence-electron chi connectivity index (χ0n) is 19.4. The van der Waals surface area contributed by atoms with E-state index in [1.54, 1.807) is 24.3 Å². The Morgan fingerprint density at radius 3 is 2.43 bits per heavy atom. The second-order valence-corrected chi connectivity index (χ2v) is 8.65. The number of aryl methyl sites for hydroxylation is 1. The lowest BCUT2D eigenvalue weighted by molar-refractivity contribution is -0.124. The van der Waals surface area contributed by atoms with Crippen molar-refractivity contribution in [3.8, 4) is 5.75 Å². The van der Waals surface area contributed by atoms with E-state index in [1.165, 1.54) is 17.7 Å². The Morgan fingerprint density at radius 2 is 1.71 bits per heavy atom. The average Bonchev–Trinajstić information content (AvgIpc) is 2.82. The fourth-order valence-electron chi connectivity index (χ4n) is 3.69. The minimum absolute atomic E-state index is 0.0285. The smallest absolute Gasteiger partial charge is 0.258 e. The molecule has 3 N–H and O–H groups in total. The highest BCUT2D eigenvalue weighted by Gasteiger charge is 2.23. The van der Waals surface area contributed by atoms with E-state index in [-0.39, 0.29) is 19.6 Å². The molecule has 5 nitrogen and oxygen atoms in total. The molecule has 0 aliphatic heterocycles. The summed E-state index contributed by atoms with van der Waals surface area (Å²) in [7, 11) is 0. The summed E-state index contributed by atoms with van der Waals surface area (Å²) in [6.45, 7) is 2.43. The van der Waals surface area contributed by atoms with Crippen LogP contribution in [0.3, 0.4) is 0 Å². The average molecular weight is 503 g/mol. The number of carbonyl (C=O) groups is 1. The highest BCUT2D eigenvalue weighted by atomic mass is 35.5. The van der Waals surface area contributed by atoms with Gasteiger partial charge in [-0.1, -0.05) is 54.9 Å². The molecule has 0 aliphatic rings. The van der Waals surface area contributed by atoms with Crippen molar-refractivity contribution in [1.29, 1.82) is 0 Å². The van der Waals surface area contributed by atoms with Gasteiger partial charge in [0, 0.05) is 19.2 Å². The molecule has 35 heavy (non-hydrogen) atoms. The van der Waals surface area contributed by atoms with Crippen molar-refractivity contribution in [1.82, 2.24) is 10.6 Å². The van der Waals surface area contributed by atoms with Crippen molar-refractivity contribution in [3.63, 3.8) is 0 Å². The van der Waals surface area contributed by atoms with Gasteiger partial charge in [-0.05, 0) is 53.8 Å². The molecule has 1 amide bonds. The van der Waals surface area contributed by atoms with Gasteiger partial charge in [-0.3, -0.25) is 4.79 Å². The molecule has 0 radical (unpaired) electrons. The molecule has 0 aromatic heterocycles. The number of aliphatic hydroxyl groups excluding tert-OH is 1. The van der Waals surface area contributed by atoms with Crippen LogP contribution in [0.15, 0.2) is 66.7 Å². The summed E-state index contributed by atoms with van der Waals surface area (Å²) in [6.07, 6.45) is -0.0777. The number of hydrogen-bond donors (Lipinski definition) is 3. The molecule has 3 aromatic rings. The highest BCUT2D eigenvalue weighted by molar-refractivity contribution is 6.32. The summed E-state index contributed by atoms with van der Waals surface area (Å²) in [4.78, 5) is 12.6. The Bertz CT molecular complexity index is 1110. The Morgan fingerprint density at radius 1 is 1.00 bits per heavy atom. The van der Waals surface area contributed by atoms with Gasteiger partial charge in [0.05, 0.1) is 17.2 Å². The highest BCUT2D eigenvalue weighted by Crippen LogP contribution is 2.23. The first kappa shape index (κ1) is 26.6.